The Morgan fingerprint density at radius 2 is 1.09 bits per heavy atom. The van der Waals surface area contributed by atoms with Crippen LogP contribution in [0.3, 0.4) is 0 Å². The Morgan fingerprint density at radius 3 is 1.18 bits per heavy atom. The second-order valence-corrected chi connectivity index (χ2v) is 6.33. The van der Waals surface area contributed by atoms with E-state index >= 15 is 0 Å². The van der Waals surface area contributed by atoms with Crippen LogP contribution >= 0.6 is 86.9 Å². The van der Waals surface area contributed by atoms with E-state index in [9.17, 15) is 0 Å². The van der Waals surface area contributed by atoms with Gasteiger partial charge < -0.3 is 0 Å². The standard InChI is InChI=1S/C5Br4Cl2/c6-1-2(7)4(9)5(10,11)3(1)8. The molecule has 11 heavy (non-hydrogen) atoms. The summed E-state index contributed by atoms with van der Waals surface area (Å²) in [6.07, 6.45) is 0. The number of allylic oxidation sites excluding steroid dienone is 4. The molecule has 0 bridgehead atoms. The summed E-state index contributed by atoms with van der Waals surface area (Å²) in [5.41, 5.74) is 0. The van der Waals surface area contributed by atoms with Gasteiger partial charge in [-0.3, -0.25) is 0 Å². The van der Waals surface area contributed by atoms with Gasteiger partial charge in [0.05, 0.1) is 8.96 Å². The topological polar surface area (TPSA) is 0 Å². The minimum atomic E-state index is -1.00. The molecule has 0 saturated heterocycles. The van der Waals surface area contributed by atoms with Gasteiger partial charge in [-0.2, -0.15) is 0 Å². The maximum atomic E-state index is 5.95. The largest absolute Gasteiger partial charge is 0.183 e. The van der Waals surface area contributed by atoms with Gasteiger partial charge >= 0.3 is 0 Å². The lowest BCUT2D eigenvalue weighted by atomic mass is 10.5. The Balaban J connectivity index is 3.27. The van der Waals surface area contributed by atoms with E-state index in [4.69, 9.17) is 23.2 Å². The molecular formula is C5Br4Cl2. The van der Waals surface area contributed by atoms with Crippen LogP contribution < -0.4 is 0 Å². The summed E-state index contributed by atoms with van der Waals surface area (Å²) in [6.45, 7) is 0. The van der Waals surface area contributed by atoms with Crippen LogP contribution in [0.15, 0.2) is 17.9 Å². The molecule has 0 unspecified atom stereocenters. The van der Waals surface area contributed by atoms with Crippen molar-refractivity contribution in [1.29, 1.82) is 0 Å². The third-order valence-electron chi connectivity index (χ3n) is 1.13. The van der Waals surface area contributed by atoms with Crippen molar-refractivity contribution in [3.63, 3.8) is 0 Å². The first-order chi connectivity index (χ1) is 4.89. The second kappa shape index (κ2) is 3.62. The molecule has 62 valence electrons. The van der Waals surface area contributed by atoms with Crippen LogP contribution in [0.4, 0.5) is 0 Å². The molecule has 1 rings (SSSR count). The Kier molecular flexibility index (Phi) is 3.64. The first-order valence-corrected chi connectivity index (χ1v) is 6.31. The fourth-order valence-corrected chi connectivity index (χ4v) is 3.98. The molecule has 0 spiro atoms. The SMILES string of the molecule is ClC1(Cl)C(Br)=C(Br)C(Br)=C1Br. The van der Waals surface area contributed by atoms with E-state index in [-0.39, 0.29) is 0 Å². The summed E-state index contributed by atoms with van der Waals surface area (Å²) in [5.74, 6) is 0. The van der Waals surface area contributed by atoms with Crippen molar-refractivity contribution in [3.05, 3.63) is 17.9 Å². The average molecular weight is 451 g/mol. The molecule has 0 aromatic rings. The lowest BCUT2D eigenvalue weighted by molar-refractivity contribution is 1.27. The van der Waals surface area contributed by atoms with Gasteiger partial charge in [0, 0.05) is 8.96 Å². The molecule has 0 radical (unpaired) electrons. The molecule has 0 N–H and O–H groups in total. The van der Waals surface area contributed by atoms with Crippen LogP contribution in [0, 0.1) is 0 Å². The molecule has 1 aliphatic rings. The van der Waals surface area contributed by atoms with E-state index < -0.39 is 4.33 Å². The summed E-state index contributed by atoms with van der Waals surface area (Å²) in [6, 6.07) is 0. The van der Waals surface area contributed by atoms with E-state index in [1.807, 2.05) is 0 Å². The minimum Gasteiger partial charge on any atom is -0.0896 e. The molecule has 0 aliphatic heterocycles. The highest BCUT2D eigenvalue weighted by atomic mass is 79.9. The molecule has 0 saturated carbocycles. The zero-order chi connectivity index (χ0) is 8.81. The Labute approximate surface area is 108 Å². The van der Waals surface area contributed by atoms with Gasteiger partial charge in [-0.05, 0) is 31.9 Å². The minimum absolute atomic E-state index is 0.701. The monoisotopic (exact) mass is 446 g/mol. The van der Waals surface area contributed by atoms with Gasteiger partial charge in [0.15, 0.2) is 4.33 Å². The van der Waals surface area contributed by atoms with Gasteiger partial charge in [0.1, 0.15) is 0 Å². The van der Waals surface area contributed by atoms with Crippen molar-refractivity contribution < 1.29 is 0 Å². The van der Waals surface area contributed by atoms with E-state index in [1.54, 1.807) is 0 Å². The zero-order valence-corrected chi connectivity index (χ0v) is 12.6. The van der Waals surface area contributed by atoms with Gasteiger partial charge in [0.2, 0.25) is 0 Å². The smallest absolute Gasteiger partial charge is 0.0896 e. The summed E-state index contributed by atoms with van der Waals surface area (Å²) in [4.78, 5) is 0. The van der Waals surface area contributed by atoms with Crippen molar-refractivity contribution in [1.82, 2.24) is 0 Å². The molecule has 0 fully saturated rings. The third-order valence-corrected chi connectivity index (χ3v) is 7.96. The number of hydrogen-bond acceptors (Lipinski definition) is 0. The number of rotatable bonds is 0. The van der Waals surface area contributed by atoms with Crippen LogP contribution in [-0.4, -0.2) is 4.33 Å². The van der Waals surface area contributed by atoms with Crippen molar-refractivity contribution in [2.45, 2.75) is 4.33 Å². The Morgan fingerprint density at radius 1 is 0.818 bits per heavy atom. The molecule has 1 aliphatic carbocycles. The summed E-state index contributed by atoms with van der Waals surface area (Å²) < 4.78 is 2.06. The van der Waals surface area contributed by atoms with E-state index in [0.29, 0.717) is 8.96 Å². The first-order valence-electron chi connectivity index (χ1n) is 2.38. The Hall–Kier alpha value is 1.98. The van der Waals surface area contributed by atoms with Crippen LogP contribution in [0.2, 0.25) is 0 Å². The second-order valence-electron chi connectivity index (χ2n) is 1.83. The molecular weight excluding hydrogens is 451 g/mol. The molecule has 6 heteroatoms. The summed E-state index contributed by atoms with van der Waals surface area (Å²) in [7, 11) is 0. The van der Waals surface area contributed by atoms with Crippen molar-refractivity contribution >= 4 is 86.9 Å². The normalized spacial score (nSPS) is 23.5. The van der Waals surface area contributed by atoms with Crippen LogP contribution in [0.25, 0.3) is 0 Å². The first kappa shape index (κ1) is 11.1. The lowest BCUT2D eigenvalue weighted by Crippen LogP contribution is -2.08. The lowest BCUT2D eigenvalue weighted by Gasteiger charge is -2.12. The van der Waals surface area contributed by atoms with E-state index in [1.165, 1.54) is 0 Å². The maximum absolute atomic E-state index is 5.95. The van der Waals surface area contributed by atoms with E-state index in [0.717, 1.165) is 8.96 Å². The maximum Gasteiger partial charge on any atom is 0.183 e. The molecule has 0 aromatic carbocycles. The van der Waals surface area contributed by atoms with Crippen LogP contribution in [-0.2, 0) is 0 Å². The molecule has 0 amide bonds. The highest BCUT2D eigenvalue weighted by Crippen LogP contribution is 2.56. The predicted octanol–water partition coefficient (Wildman–Crippen LogP) is 5.18. The third kappa shape index (κ3) is 1.77. The van der Waals surface area contributed by atoms with Crippen molar-refractivity contribution in [2.75, 3.05) is 0 Å². The van der Waals surface area contributed by atoms with Gasteiger partial charge in [0.25, 0.3) is 0 Å². The van der Waals surface area contributed by atoms with Crippen molar-refractivity contribution in [2.24, 2.45) is 0 Å². The van der Waals surface area contributed by atoms with E-state index in [2.05, 4.69) is 63.7 Å². The fraction of sp³-hybridized carbons (Fsp3) is 0.200. The zero-order valence-electron chi connectivity index (χ0n) is 4.77. The predicted molar refractivity (Wildman–Crippen MR) is 64.2 cm³/mol. The quantitative estimate of drug-likeness (QED) is 0.447. The number of hydrogen-bond donors (Lipinski definition) is 0. The summed E-state index contributed by atoms with van der Waals surface area (Å²) in [5, 5.41) is 0. The average Bonchev–Trinajstić information content (AvgIpc) is 2.06. The highest BCUT2D eigenvalue weighted by Gasteiger charge is 2.41. The van der Waals surface area contributed by atoms with Crippen molar-refractivity contribution in [3.8, 4) is 0 Å². The molecule has 0 heterocycles. The van der Waals surface area contributed by atoms with Gasteiger partial charge in [-0.15, -0.1) is 0 Å². The summed E-state index contributed by atoms with van der Waals surface area (Å²) >= 11 is 25.1. The highest BCUT2D eigenvalue weighted by molar-refractivity contribution is 9.17. The molecule has 0 atom stereocenters. The van der Waals surface area contributed by atoms with Gasteiger partial charge in [-0.1, -0.05) is 55.1 Å². The van der Waals surface area contributed by atoms with Gasteiger partial charge in [-0.25, -0.2) is 0 Å². The Bertz CT molecular complexity index is 240. The molecule has 0 nitrogen and oxygen atoms in total. The number of alkyl halides is 2. The number of halogens is 6. The fourth-order valence-electron chi connectivity index (χ4n) is 0.565. The van der Waals surface area contributed by atoms with Crippen LogP contribution in [0.1, 0.15) is 0 Å². The molecule has 0 aromatic heterocycles. The van der Waals surface area contributed by atoms with Crippen LogP contribution in [0.5, 0.6) is 0 Å².